The molecule has 10 heteroatoms. The molecule has 2 aliphatic rings. The zero-order valence-electron chi connectivity index (χ0n) is 20.0. The molecule has 0 unspecified atom stereocenters. The summed E-state index contributed by atoms with van der Waals surface area (Å²) >= 11 is 0. The molecule has 0 atom stereocenters. The predicted octanol–water partition coefficient (Wildman–Crippen LogP) is 2.42. The number of methoxy groups -OCH3 is 1. The van der Waals surface area contributed by atoms with Crippen molar-refractivity contribution in [3.05, 3.63) is 82.6 Å². The molecule has 0 bridgehead atoms. The molecule has 1 aromatic carbocycles. The van der Waals surface area contributed by atoms with Crippen LogP contribution in [0.2, 0.25) is 0 Å². The van der Waals surface area contributed by atoms with E-state index in [1.54, 1.807) is 34.9 Å². The topological polar surface area (TPSA) is 108 Å². The zero-order chi connectivity index (χ0) is 24.7. The number of hydrogen-bond donors (Lipinski definition) is 2. The molecule has 0 saturated carbocycles. The lowest BCUT2D eigenvalue weighted by atomic mass is 9.96. The van der Waals surface area contributed by atoms with Crippen molar-refractivity contribution in [1.29, 1.82) is 0 Å². The van der Waals surface area contributed by atoms with Crippen LogP contribution >= 0.6 is 0 Å². The third kappa shape index (κ3) is 3.70. The number of benzene rings is 1. The first-order valence-corrected chi connectivity index (χ1v) is 11.9. The standard InChI is InChI=1S/C26H27N7O3/c1-3-10-32-24(34)21-14-29-25(30-19-5-4-18-13-27-8-6-17(18)11-19)31-23(21)33(32)20-7-9-28-22(12-20)26(35-2)15-36-16-26/h3-5,7,9,11-12,14,27H,1,6,8,10,13,15-16H2,2H3,(H,29,30,31). The molecule has 4 aromatic rings. The fourth-order valence-corrected chi connectivity index (χ4v) is 4.78. The van der Waals surface area contributed by atoms with Gasteiger partial charge in [0, 0.05) is 31.7 Å². The maximum Gasteiger partial charge on any atom is 0.278 e. The van der Waals surface area contributed by atoms with Crippen LogP contribution in [0.25, 0.3) is 16.7 Å². The van der Waals surface area contributed by atoms with Gasteiger partial charge in [0.2, 0.25) is 5.95 Å². The normalized spacial score (nSPS) is 16.4. The first-order chi connectivity index (χ1) is 17.6. The van der Waals surface area contributed by atoms with Crippen LogP contribution in [0.4, 0.5) is 11.6 Å². The van der Waals surface area contributed by atoms with E-state index >= 15 is 0 Å². The summed E-state index contributed by atoms with van der Waals surface area (Å²) in [5.41, 5.74) is 4.72. The van der Waals surface area contributed by atoms with Gasteiger partial charge in [-0.1, -0.05) is 12.1 Å². The molecule has 2 aliphatic heterocycles. The SMILES string of the molecule is C=CCn1c(=O)c2cnc(Nc3ccc4c(c3)CCNC4)nc2n1-c1ccnc(C2(OC)COC2)c1. The fraction of sp³-hybridized carbons (Fsp3) is 0.308. The monoisotopic (exact) mass is 485 g/mol. The molecule has 1 saturated heterocycles. The number of hydrogen-bond acceptors (Lipinski definition) is 8. The summed E-state index contributed by atoms with van der Waals surface area (Å²) in [5, 5.41) is 7.12. The molecule has 36 heavy (non-hydrogen) atoms. The van der Waals surface area contributed by atoms with Gasteiger partial charge in [-0.15, -0.1) is 6.58 Å². The van der Waals surface area contributed by atoms with Crippen LogP contribution in [0.5, 0.6) is 0 Å². The van der Waals surface area contributed by atoms with Crippen molar-refractivity contribution in [3.8, 4) is 5.69 Å². The van der Waals surface area contributed by atoms with Crippen LogP contribution in [-0.4, -0.2) is 51.2 Å². The maximum absolute atomic E-state index is 13.3. The lowest BCUT2D eigenvalue weighted by Gasteiger charge is -2.39. The second kappa shape index (κ2) is 8.98. The van der Waals surface area contributed by atoms with Gasteiger partial charge in [0.25, 0.3) is 5.56 Å². The van der Waals surface area contributed by atoms with Crippen molar-refractivity contribution in [2.24, 2.45) is 0 Å². The highest BCUT2D eigenvalue weighted by atomic mass is 16.6. The van der Waals surface area contributed by atoms with Crippen LogP contribution in [0.1, 0.15) is 16.8 Å². The molecule has 0 spiro atoms. The number of rotatable bonds is 7. The average Bonchev–Trinajstić information content (AvgIpc) is 3.15. The Balaban J connectivity index is 1.44. The highest BCUT2D eigenvalue weighted by molar-refractivity contribution is 5.77. The van der Waals surface area contributed by atoms with Gasteiger partial charge < -0.3 is 20.1 Å². The zero-order valence-corrected chi connectivity index (χ0v) is 20.0. The largest absolute Gasteiger partial charge is 0.374 e. The number of nitrogens with one attached hydrogen (secondary N) is 2. The number of allylic oxidation sites excluding steroid dienone is 1. The summed E-state index contributed by atoms with van der Waals surface area (Å²) in [7, 11) is 1.65. The Morgan fingerprint density at radius 3 is 2.92 bits per heavy atom. The lowest BCUT2D eigenvalue weighted by molar-refractivity contribution is -0.204. The van der Waals surface area contributed by atoms with E-state index in [1.165, 1.54) is 11.1 Å². The van der Waals surface area contributed by atoms with E-state index < -0.39 is 5.60 Å². The number of aromatic nitrogens is 5. The molecule has 0 amide bonds. The molecule has 5 heterocycles. The van der Waals surface area contributed by atoms with Crippen molar-refractivity contribution < 1.29 is 9.47 Å². The number of anilines is 2. The Labute approximate surface area is 207 Å². The Bertz CT molecular complexity index is 1510. The smallest absolute Gasteiger partial charge is 0.278 e. The quantitative estimate of drug-likeness (QED) is 0.384. The first kappa shape index (κ1) is 22.6. The van der Waals surface area contributed by atoms with Crippen LogP contribution in [0.3, 0.4) is 0 Å². The van der Waals surface area contributed by atoms with Gasteiger partial charge >= 0.3 is 0 Å². The van der Waals surface area contributed by atoms with E-state index in [-0.39, 0.29) is 5.56 Å². The second-order valence-electron chi connectivity index (χ2n) is 9.04. The van der Waals surface area contributed by atoms with Crippen LogP contribution < -0.4 is 16.2 Å². The molecule has 10 nitrogen and oxygen atoms in total. The highest BCUT2D eigenvalue weighted by Crippen LogP contribution is 2.33. The van der Waals surface area contributed by atoms with E-state index in [1.807, 2.05) is 18.2 Å². The van der Waals surface area contributed by atoms with Gasteiger partial charge in [-0.25, -0.2) is 14.3 Å². The van der Waals surface area contributed by atoms with Gasteiger partial charge in [-0.3, -0.25) is 9.78 Å². The van der Waals surface area contributed by atoms with E-state index in [0.29, 0.717) is 36.7 Å². The van der Waals surface area contributed by atoms with E-state index in [4.69, 9.17) is 14.5 Å². The first-order valence-electron chi connectivity index (χ1n) is 11.9. The minimum Gasteiger partial charge on any atom is -0.374 e. The lowest BCUT2D eigenvalue weighted by Crippen LogP contribution is -2.48. The third-order valence-corrected chi connectivity index (χ3v) is 6.84. The summed E-state index contributed by atoms with van der Waals surface area (Å²) in [6, 6.07) is 10.0. The fourth-order valence-electron chi connectivity index (χ4n) is 4.78. The third-order valence-electron chi connectivity index (χ3n) is 6.84. The van der Waals surface area contributed by atoms with E-state index in [2.05, 4.69) is 39.3 Å². The van der Waals surface area contributed by atoms with Gasteiger partial charge in [0.1, 0.15) is 5.39 Å². The Hall–Kier alpha value is -3.86. The Morgan fingerprint density at radius 2 is 2.14 bits per heavy atom. The molecular weight excluding hydrogens is 458 g/mol. The van der Waals surface area contributed by atoms with Crippen molar-refractivity contribution in [1.82, 2.24) is 29.6 Å². The number of pyridine rings is 1. The van der Waals surface area contributed by atoms with Crippen LogP contribution in [0, 0.1) is 0 Å². The van der Waals surface area contributed by atoms with E-state index in [9.17, 15) is 4.79 Å². The second-order valence-corrected chi connectivity index (χ2v) is 9.04. The van der Waals surface area contributed by atoms with E-state index in [0.717, 1.165) is 36.6 Å². The van der Waals surface area contributed by atoms with Crippen molar-refractivity contribution in [3.63, 3.8) is 0 Å². The number of nitrogens with zero attached hydrogens (tertiary/aromatic N) is 5. The van der Waals surface area contributed by atoms with Crippen molar-refractivity contribution in [2.75, 3.05) is 32.2 Å². The molecule has 2 N–H and O–H groups in total. The van der Waals surface area contributed by atoms with Gasteiger partial charge in [0.05, 0.1) is 31.1 Å². The van der Waals surface area contributed by atoms with Gasteiger partial charge in [-0.05, 0) is 48.4 Å². The molecule has 3 aromatic heterocycles. The minimum atomic E-state index is -0.591. The summed E-state index contributed by atoms with van der Waals surface area (Å²) in [4.78, 5) is 27.0. The summed E-state index contributed by atoms with van der Waals surface area (Å²) in [5.74, 6) is 0.413. The summed E-state index contributed by atoms with van der Waals surface area (Å²) < 4.78 is 14.5. The highest BCUT2D eigenvalue weighted by Gasteiger charge is 2.42. The molecule has 184 valence electrons. The maximum atomic E-state index is 13.3. The molecule has 0 aliphatic carbocycles. The summed E-state index contributed by atoms with van der Waals surface area (Å²) in [6.45, 7) is 6.84. The van der Waals surface area contributed by atoms with Gasteiger partial charge in [0.15, 0.2) is 11.2 Å². The van der Waals surface area contributed by atoms with Crippen LogP contribution in [0.15, 0.2) is 60.2 Å². The Morgan fingerprint density at radius 1 is 1.25 bits per heavy atom. The number of fused-ring (bicyclic) bond motifs is 2. The van der Waals surface area contributed by atoms with Gasteiger partial charge in [-0.2, -0.15) is 4.98 Å². The summed E-state index contributed by atoms with van der Waals surface area (Å²) in [6.07, 6.45) is 5.95. The van der Waals surface area contributed by atoms with Crippen LogP contribution in [-0.2, 0) is 34.6 Å². The molecule has 6 rings (SSSR count). The number of ether oxygens (including phenoxy) is 2. The Kier molecular flexibility index (Phi) is 5.63. The van der Waals surface area contributed by atoms with Crippen molar-refractivity contribution >= 4 is 22.7 Å². The van der Waals surface area contributed by atoms with Crippen molar-refractivity contribution in [2.45, 2.75) is 25.1 Å². The minimum absolute atomic E-state index is 0.190. The molecule has 1 fully saturated rings. The molecule has 0 radical (unpaired) electrons. The average molecular weight is 486 g/mol. The molecular formula is C26H27N7O3. The predicted molar refractivity (Wildman–Crippen MR) is 136 cm³/mol.